The Morgan fingerprint density at radius 3 is 2.75 bits per heavy atom. The molecule has 0 aromatic heterocycles. The van der Waals surface area contributed by atoms with Gasteiger partial charge in [0.2, 0.25) is 0 Å². The Morgan fingerprint density at radius 2 is 2.20 bits per heavy atom. The fourth-order valence-electron chi connectivity index (χ4n) is 2.13. The summed E-state index contributed by atoms with van der Waals surface area (Å²) in [6, 6.07) is 0.435. The Bertz CT molecular complexity index is 395. The van der Waals surface area contributed by atoms with E-state index >= 15 is 0 Å². The highest BCUT2D eigenvalue weighted by atomic mass is 16.5. The van der Waals surface area contributed by atoms with Crippen molar-refractivity contribution in [2.75, 3.05) is 33.4 Å². The third-order valence-corrected chi connectivity index (χ3v) is 3.14. The lowest BCUT2D eigenvalue weighted by atomic mass is 10.2. The number of carboxylic acid groups (broad SMARTS) is 1. The molecule has 0 aromatic rings. The van der Waals surface area contributed by atoms with Gasteiger partial charge in [-0.3, -0.25) is 0 Å². The van der Waals surface area contributed by atoms with E-state index in [0.29, 0.717) is 6.61 Å². The Hall–Kier alpha value is -1.85. The molecule has 0 aliphatic carbocycles. The number of rotatable bonds is 6. The number of ether oxygens (including phenoxy) is 1. The molecule has 0 bridgehead atoms. The monoisotopic (exact) mass is 285 g/mol. The van der Waals surface area contributed by atoms with Crippen molar-refractivity contribution in [3.63, 3.8) is 0 Å². The number of methoxy groups -OCH3 is 1. The van der Waals surface area contributed by atoms with E-state index in [4.69, 9.17) is 15.1 Å². The first-order valence-corrected chi connectivity index (χ1v) is 6.33. The zero-order chi connectivity index (χ0) is 15.1. The number of β-amino-alcohol motifs (C(OH)–C–C–N with tert-alkyl or cyclic N) is 1. The number of nitriles is 1. The highest BCUT2D eigenvalue weighted by molar-refractivity contribution is 5.83. The third kappa shape index (κ3) is 4.08. The Kier molecular flexibility index (Phi) is 6.21. The molecule has 1 heterocycles. The van der Waals surface area contributed by atoms with Gasteiger partial charge in [-0.15, -0.1) is 0 Å². The summed E-state index contributed by atoms with van der Waals surface area (Å²) >= 11 is 0. The van der Waals surface area contributed by atoms with Crippen LogP contribution in [-0.2, 0) is 9.53 Å². The Balaban J connectivity index is 2.76. The summed E-state index contributed by atoms with van der Waals surface area (Å²) in [6.45, 7) is 0.769. The second-order valence-electron chi connectivity index (χ2n) is 4.57. The standard InChI is InChI=1S/C12H19N3O5/c1-20-6-5-14(4-2-3-13)12(19)15-8-9(16)7-10(15)11(17)18/h9-10,16H,2,4-8H2,1H3,(H,17,18)/t9?,10-/m0/s1. The Morgan fingerprint density at radius 1 is 1.50 bits per heavy atom. The van der Waals surface area contributed by atoms with Gasteiger partial charge in [0.1, 0.15) is 6.04 Å². The third-order valence-electron chi connectivity index (χ3n) is 3.14. The number of hydrogen-bond donors (Lipinski definition) is 2. The fourth-order valence-corrected chi connectivity index (χ4v) is 2.13. The van der Waals surface area contributed by atoms with Crippen molar-refractivity contribution in [1.82, 2.24) is 9.80 Å². The lowest BCUT2D eigenvalue weighted by Crippen LogP contribution is -2.49. The molecular formula is C12H19N3O5. The first-order valence-electron chi connectivity index (χ1n) is 6.33. The summed E-state index contributed by atoms with van der Waals surface area (Å²) in [5.74, 6) is -1.14. The second kappa shape index (κ2) is 7.67. The molecule has 1 aliphatic heterocycles. The molecular weight excluding hydrogens is 266 g/mol. The van der Waals surface area contributed by atoms with Gasteiger partial charge in [0.25, 0.3) is 0 Å². The number of aliphatic hydroxyl groups excluding tert-OH is 1. The van der Waals surface area contributed by atoms with Crippen molar-refractivity contribution in [3.8, 4) is 6.07 Å². The van der Waals surface area contributed by atoms with E-state index in [1.807, 2.05) is 6.07 Å². The number of aliphatic carboxylic acids is 1. The van der Waals surface area contributed by atoms with Crippen LogP contribution in [0.3, 0.4) is 0 Å². The fraction of sp³-hybridized carbons (Fsp3) is 0.750. The average Bonchev–Trinajstić information content (AvgIpc) is 2.80. The second-order valence-corrected chi connectivity index (χ2v) is 4.57. The van der Waals surface area contributed by atoms with Crippen LogP contribution in [0.4, 0.5) is 4.79 Å². The minimum atomic E-state index is -1.14. The molecule has 1 saturated heterocycles. The van der Waals surface area contributed by atoms with E-state index in [0.717, 1.165) is 4.90 Å². The SMILES string of the molecule is COCCN(CCC#N)C(=O)N1CC(O)C[C@H]1C(=O)O. The van der Waals surface area contributed by atoms with Crippen LogP contribution in [0.5, 0.6) is 0 Å². The van der Waals surface area contributed by atoms with Crippen LogP contribution in [0.1, 0.15) is 12.8 Å². The van der Waals surface area contributed by atoms with Gasteiger partial charge in [-0.2, -0.15) is 5.26 Å². The molecule has 0 radical (unpaired) electrons. The van der Waals surface area contributed by atoms with Gasteiger partial charge in [-0.1, -0.05) is 0 Å². The summed E-state index contributed by atoms with van der Waals surface area (Å²) < 4.78 is 4.90. The summed E-state index contributed by atoms with van der Waals surface area (Å²) in [6.07, 6.45) is -0.651. The maximum absolute atomic E-state index is 12.3. The molecule has 1 fully saturated rings. The lowest BCUT2D eigenvalue weighted by Gasteiger charge is -2.29. The number of nitrogens with zero attached hydrogens (tertiary/aromatic N) is 3. The number of likely N-dealkylation sites (tertiary alicyclic amines) is 1. The van der Waals surface area contributed by atoms with Crippen molar-refractivity contribution in [2.45, 2.75) is 25.0 Å². The molecule has 0 aromatic carbocycles. The number of hydrogen-bond acceptors (Lipinski definition) is 5. The van der Waals surface area contributed by atoms with E-state index < -0.39 is 24.1 Å². The van der Waals surface area contributed by atoms with Crippen LogP contribution >= 0.6 is 0 Å². The first kappa shape index (κ1) is 16.2. The van der Waals surface area contributed by atoms with Crippen LogP contribution in [0.15, 0.2) is 0 Å². The minimum absolute atomic E-state index is 0.00810. The number of carboxylic acids is 1. The maximum Gasteiger partial charge on any atom is 0.326 e. The van der Waals surface area contributed by atoms with Gasteiger partial charge in [-0.05, 0) is 0 Å². The van der Waals surface area contributed by atoms with E-state index in [9.17, 15) is 14.7 Å². The molecule has 112 valence electrons. The van der Waals surface area contributed by atoms with Gasteiger partial charge in [-0.25, -0.2) is 9.59 Å². The molecule has 2 amide bonds. The minimum Gasteiger partial charge on any atom is -0.480 e. The molecule has 0 spiro atoms. The Labute approximate surface area is 117 Å². The van der Waals surface area contributed by atoms with Crippen LogP contribution in [0.2, 0.25) is 0 Å². The number of carbonyl (C=O) groups is 2. The van der Waals surface area contributed by atoms with Crippen molar-refractivity contribution in [2.24, 2.45) is 0 Å². The molecule has 0 saturated carbocycles. The highest BCUT2D eigenvalue weighted by Gasteiger charge is 2.40. The van der Waals surface area contributed by atoms with Crippen molar-refractivity contribution in [1.29, 1.82) is 5.26 Å². The quantitative estimate of drug-likeness (QED) is 0.679. The predicted molar refractivity (Wildman–Crippen MR) is 67.8 cm³/mol. The van der Waals surface area contributed by atoms with E-state index in [1.54, 1.807) is 0 Å². The summed E-state index contributed by atoms with van der Waals surface area (Å²) in [4.78, 5) is 26.0. The smallest absolute Gasteiger partial charge is 0.326 e. The number of urea groups is 1. The molecule has 8 nitrogen and oxygen atoms in total. The first-order chi connectivity index (χ1) is 9.51. The highest BCUT2D eigenvalue weighted by Crippen LogP contribution is 2.20. The molecule has 1 rings (SSSR count). The maximum atomic E-state index is 12.3. The molecule has 2 N–H and O–H groups in total. The van der Waals surface area contributed by atoms with E-state index in [-0.39, 0.29) is 32.5 Å². The summed E-state index contributed by atoms with van der Waals surface area (Å²) in [7, 11) is 1.49. The van der Waals surface area contributed by atoms with Gasteiger partial charge in [0, 0.05) is 33.2 Å². The number of aliphatic hydroxyl groups is 1. The largest absolute Gasteiger partial charge is 0.480 e. The van der Waals surface area contributed by atoms with Crippen LogP contribution < -0.4 is 0 Å². The van der Waals surface area contributed by atoms with Crippen molar-refractivity contribution in [3.05, 3.63) is 0 Å². The van der Waals surface area contributed by atoms with Crippen LogP contribution in [0.25, 0.3) is 0 Å². The van der Waals surface area contributed by atoms with Gasteiger partial charge >= 0.3 is 12.0 Å². The average molecular weight is 285 g/mol. The summed E-state index contributed by atoms with van der Waals surface area (Å²) in [5.41, 5.74) is 0. The van der Waals surface area contributed by atoms with Gasteiger partial charge in [0.15, 0.2) is 0 Å². The summed E-state index contributed by atoms with van der Waals surface area (Å²) in [5, 5.41) is 27.2. The van der Waals surface area contributed by atoms with Crippen LogP contribution in [-0.4, -0.2) is 77.5 Å². The zero-order valence-electron chi connectivity index (χ0n) is 11.4. The van der Waals surface area contributed by atoms with Crippen LogP contribution in [0, 0.1) is 11.3 Å². The van der Waals surface area contributed by atoms with Crippen molar-refractivity contribution >= 4 is 12.0 Å². The van der Waals surface area contributed by atoms with E-state index in [2.05, 4.69) is 0 Å². The lowest BCUT2D eigenvalue weighted by molar-refractivity contribution is -0.141. The molecule has 1 aliphatic rings. The number of amides is 2. The number of carbonyl (C=O) groups excluding carboxylic acids is 1. The molecule has 8 heteroatoms. The molecule has 2 atom stereocenters. The van der Waals surface area contributed by atoms with Crippen molar-refractivity contribution < 1.29 is 24.5 Å². The normalized spacial score (nSPS) is 21.6. The predicted octanol–water partition coefficient (Wildman–Crippen LogP) is -0.512. The van der Waals surface area contributed by atoms with Gasteiger partial charge in [0.05, 0.1) is 25.2 Å². The molecule has 1 unspecified atom stereocenters. The van der Waals surface area contributed by atoms with Gasteiger partial charge < -0.3 is 24.7 Å². The zero-order valence-corrected chi connectivity index (χ0v) is 11.4. The van der Waals surface area contributed by atoms with E-state index in [1.165, 1.54) is 12.0 Å². The topological polar surface area (TPSA) is 114 Å². The molecule has 20 heavy (non-hydrogen) atoms.